The number of aliphatic hydroxyl groups excluding tert-OH is 1. The van der Waals surface area contributed by atoms with E-state index in [-0.39, 0.29) is 28.9 Å². The molecule has 2 fully saturated rings. The van der Waals surface area contributed by atoms with Crippen LogP contribution in [0.4, 0.5) is 0 Å². The molecule has 0 radical (unpaired) electrons. The van der Waals surface area contributed by atoms with Gasteiger partial charge in [0.25, 0.3) is 31.9 Å². The molecule has 4 aromatic rings. The van der Waals surface area contributed by atoms with Crippen molar-refractivity contribution in [2.24, 2.45) is 0 Å². The van der Waals surface area contributed by atoms with E-state index in [1.165, 1.54) is 24.3 Å². The van der Waals surface area contributed by atoms with Gasteiger partial charge in [-0.1, -0.05) is 126 Å². The molecule has 4 amide bonds. The first-order valence-corrected chi connectivity index (χ1v) is 30.1. The van der Waals surface area contributed by atoms with Crippen LogP contribution in [-0.4, -0.2) is 148 Å². The van der Waals surface area contributed by atoms with Gasteiger partial charge in [0.15, 0.2) is 33.1 Å². The third-order valence-corrected chi connectivity index (χ3v) is 24.4. The molecule has 4 heterocycles. The lowest BCUT2D eigenvalue weighted by Gasteiger charge is -2.53. The first kappa shape index (κ1) is 56.0. The van der Waals surface area contributed by atoms with Gasteiger partial charge in [-0.05, 0) is 57.8 Å². The van der Waals surface area contributed by atoms with Crippen molar-refractivity contribution in [1.82, 2.24) is 9.80 Å². The lowest BCUT2D eigenvalue weighted by molar-refractivity contribution is -0.332. The van der Waals surface area contributed by atoms with E-state index >= 15 is 0 Å². The van der Waals surface area contributed by atoms with Crippen molar-refractivity contribution < 1.29 is 75.9 Å². The van der Waals surface area contributed by atoms with E-state index in [2.05, 4.69) is 20.8 Å². The standard InChI is InChI=1S/C56H66N2O16Si2/c1-32(59)67-30-42-46(69-33(2)60)48(70-34(3)61)44(58-51(65)39-28-20-21-29-40(39)52(58)66)53(72-42)73-47-43(57-49(63)37-26-18-19-27-38(37)50(57)64)54(74-75(10,11)55(4,5)6)71-41(45(47)62)31-68-76(56(7,8)9,35-22-14-12-15-23-35)36-24-16-13-17-25-36/h12-29,41-48,53-54,62H,30-31H2,1-11H3/t41-,42-,43-,44-,45-,46-,47-,48-,53+,54+/m1/s1. The van der Waals surface area contributed by atoms with Crippen molar-refractivity contribution >= 4 is 68.5 Å². The molecular weight excluding hydrogens is 1010 g/mol. The number of carbonyl (C=O) groups is 7. The van der Waals surface area contributed by atoms with E-state index in [0.29, 0.717) is 0 Å². The van der Waals surface area contributed by atoms with Crippen LogP contribution in [0.1, 0.15) is 104 Å². The number of amides is 4. The van der Waals surface area contributed by atoms with Crippen molar-refractivity contribution in [3.05, 3.63) is 131 Å². The number of esters is 3. The zero-order valence-corrected chi connectivity index (χ0v) is 46.5. The van der Waals surface area contributed by atoms with Gasteiger partial charge in [0.1, 0.15) is 43.1 Å². The van der Waals surface area contributed by atoms with Crippen LogP contribution in [0.3, 0.4) is 0 Å². The number of nitrogens with zero attached hydrogens (tertiary/aromatic N) is 2. The zero-order valence-electron chi connectivity index (χ0n) is 44.5. The van der Waals surface area contributed by atoms with E-state index in [4.69, 9.17) is 37.3 Å². The summed E-state index contributed by atoms with van der Waals surface area (Å²) in [5.74, 6) is -5.84. The van der Waals surface area contributed by atoms with Crippen molar-refractivity contribution in [2.75, 3.05) is 13.2 Å². The van der Waals surface area contributed by atoms with Gasteiger partial charge in [-0.3, -0.25) is 43.4 Å². The van der Waals surface area contributed by atoms with Gasteiger partial charge in [0.05, 0.1) is 28.9 Å². The predicted octanol–water partition coefficient (Wildman–Crippen LogP) is 5.54. The second-order valence-electron chi connectivity index (χ2n) is 22.0. The summed E-state index contributed by atoms with van der Waals surface area (Å²) >= 11 is 0. The van der Waals surface area contributed by atoms with Crippen LogP contribution in [-0.2, 0) is 51.7 Å². The van der Waals surface area contributed by atoms with Crippen LogP contribution >= 0.6 is 0 Å². The summed E-state index contributed by atoms with van der Waals surface area (Å²) in [6.45, 7) is 18.5. The highest BCUT2D eigenvalue weighted by Gasteiger charge is 2.62. The SMILES string of the molecule is CC(=O)OC[C@H]1O[C@@H](O[C@H]2[C@H](O)[C@@H](CO[Si](c3ccccc3)(c3ccccc3)C(C)(C)C)O[C@@H](O[Si](C)(C)C(C)(C)C)[C@@H]2N2C(=O)c3ccccc3C2=O)[C@H](N2C(=O)c3ccccc3C2=O)[C@@H](OC(C)=O)[C@@H]1OC(C)=O. The summed E-state index contributed by atoms with van der Waals surface area (Å²) in [6.07, 6.45) is -13.5. The molecule has 0 spiro atoms. The Labute approximate surface area is 444 Å². The third kappa shape index (κ3) is 10.5. The highest BCUT2D eigenvalue weighted by Crippen LogP contribution is 2.44. The molecule has 76 heavy (non-hydrogen) atoms. The normalized spacial score (nSPS) is 26.0. The molecule has 2 saturated heterocycles. The van der Waals surface area contributed by atoms with E-state index in [1.807, 2.05) is 94.5 Å². The van der Waals surface area contributed by atoms with Crippen LogP contribution in [0.25, 0.3) is 0 Å². The van der Waals surface area contributed by atoms with Crippen LogP contribution in [0, 0.1) is 0 Å². The molecule has 10 atom stereocenters. The van der Waals surface area contributed by atoms with Crippen LogP contribution in [0.5, 0.6) is 0 Å². The van der Waals surface area contributed by atoms with Gasteiger partial charge in [-0.25, -0.2) is 0 Å². The minimum Gasteiger partial charge on any atom is -0.463 e. The summed E-state index contributed by atoms with van der Waals surface area (Å²) in [4.78, 5) is 99.5. The van der Waals surface area contributed by atoms with Crippen LogP contribution in [0.2, 0.25) is 23.2 Å². The maximum absolute atomic E-state index is 14.9. The number of rotatable bonds is 15. The maximum Gasteiger partial charge on any atom is 0.303 e. The van der Waals surface area contributed by atoms with Crippen molar-refractivity contribution in [2.45, 2.75) is 147 Å². The molecule has 20 heteroatoms. The van der Waals surface area contributed by atoms with Crippen molar-refractivity contribution in [3.8, 4) is 0 Å². The highest BCUT2D eigenvalue weighted by atomic mass is 28.4. The monoisotopic (exact) mass is 1080 g/mol. The molecule has 4 aliphatic rings. The van der Waals surface area contributed by atoms with Gasteiger partial charge < -0.3 is 42.4 Å². The molecule has 404 valence electrons. The molecule has 1 N–H and O–H groups in total. The second kappa shape index (κ2) is 21.7. The smallest absolute Gasteiger partial charge is 0.303 e. The number of aliphatic hydroxyl groups is 1. The Bertz CT molecular complexity index is 2760. The van der Waals surface area contributed by atoms with Gasteiger partial charge in [0.2, 0.25) is 0 Å². The Balaban J connectivity index is 1.33. The number of carbonyl (C=O) groups excluding carboxylic acids is 7. The van der Waals surface area contributed by atoms with E-state index in [1.54, 1.807) is 24.3 Å². The van der Waals surface area contributed by atoms with Crippen LogP contribution < -0.4 is 10.4 Å². The Morgan fingerprint density at radius 2 is 0.947 bits per heavy atom. The summed E-state index contributed by atoms with van der Waals surface area (Å²) in [5, 5.41) is 14.1. The molecule has 0 saturated carbocycles. The zero-order chi connectivity index (χ0) is 55.2. The quantitative estimate of drug-likeness (QED) is 0.0669. The Morgan fingerprint density at radius 3 is 1.36 bits per heavy atom. The molecule has 8 rings (SSSR count). The summed E-state index contributed by atoms with van der Waals surface area (Å²) in [5.41, 5.74) is 0.0827. The molecule has 4 aliphatic heterocycles. The largest absolute Gasteiger partial charge is 0.463 e. The average Bonchev–Trinajstić information content (AvgIpc) is 3.76. The summed E-state index contributed by atoms with van der Waals surface area (Å²) in [6, 6.07) is 28.3. The maximum atomic E-state index is 14.9. The number of fused-ring (bicyclic) bond motifs is 2. The van der Waals surface area contributed by atoms with Crippen LogP contribution in [0.15, 0.2) is 109 Å². The first-order chi connectivity index (χ1) is 35.8. The number of imide groups is 2. The third-order valence-electron chi connectivity index (χ3n) is 14.9. The molecular formula is C56H66N2O16Si2. The number of benzene rings is 4. The number of hydrogen-bond acceptors (Lipinski definition) is 16. The summed E-state index contributed by atoms with van der Waals surface area (Å²) < 4.78 is 52.4. The van der Waals surface area contributed by atoms with Crippen molar-refractivity contribution in [3.63, 3.8) is 0 Å². The predicted molar refractivity (Wildman–Crippen MR) is 279 cm³/mol. The molecule has 4 aromatic carbocycles. The fourth-order valence-corrected chi connectivity index (χ4v) is 16.1. The molecule has 0 aromatic heterocycles. The first-order valence-electron chi connectivity index (χ1n) is 25.3. The van der Waals surface area contributed by atoms with E-state index in [9.17, 15) is 38.7 Å². The second-order valence-corrected chi connectivity index (χ2v) is 31.1. The van der Waals surface area contributed by atoms with Gasteiger partial charge in [-0.2, -0.15) is 0 Å². The van der Waals surface area contributed by atoms with Gasteiger partial charge in [-0.15, -0.1) is 0 Å². The minimum atomic E-state index is -3.40. The molecule has 0 unspecified atom stereocenters. The fourth-order valence-electron chi connectivity index (χ4n) is 10.4. The number of ether oxygens (including phenoxy) is 6. The molecule has 0 aliphatic carbocycles. The summed E-state index contributed by atoms with van der Waals surface area (Å²) in [7, 11) is -6.44. The van der Waals surface area contributed by atoms with Crippen molar-refractivity contribution in [1.29, 1.82) is 0 Å². The average molecular weight is 1080 g/mol. The molecule has 0 bridgehead atoms. The Hall–Kier alpha value is -6.24. The topological polar surface area (TPSA) is 220 Å². The Morgan fingerprint density at radius 1 is 0.539 bits per heavy atom. The van der Waals surface area contributed by atoms with E-state index < -0.39 is 136 Å². The van der Waals surface area contributed by atoms with Gasteiger partial charge >= 0.3 is 17.9 Å². The minimum absolute atomic E-state index is 0.0164. The Kier molecular flexibility index (Phi) is 15.9. The molecule has 18 nitrogen and oxygen atoms in total. The van der Waals surface area contributed by atoms with Gasteiger partial charge in [0, 0.05) is 20.8 Å². The number of hydrogen-bond donors (Lipinski definition) is 1. The highest BCUT2D eigenvalue weighted by molar-refractivity contribution is 6.99. The van der Waals surface area contributed by atoms with E-state index in [0.717, 1.165) is 40.9 Å². The lowest BCUT2D eigenvalue weighted by atomic mass is 9.92. The lowest BCUT2D eigenvalue weighted by Crippen LogP contribution is -2.72. The fraction of sp³-hybridized carbons (Fsp3) is 0.446.